The number of rotatable bonds is 10. The predicted molar refractivity (Wildman–Crippen MR) is 101 cm³/mol. The van der Waals surface area contributed by atoms with Gasteiger partial charge in [-0.1, -0.05) is 30.3 Å². The van der Waals surface area contributed by atoms with E-state index in [0.717, 1.165) is 5.56 Å². The first-order valence-electron chi connectivity index (χ1n) is 8.54. The predicted octanol–water partition coefficient (Wildman–Crippen LogP) is 2.41. The maximum atomic E-state index is 13.3. The Bertz CT molecular complexity index is 780. The van der Waals surface area contributed by atoms with Gasteiger partial charge in [0.15, 0.2) is 0 Å². The second-order valence-corrected chi connectivity index (χ2v) is 8.08. The minimum absolute atomic E-state index is 0.0489. The van der Waals surface area contributed by atoms with E-state index in [2.05, 4.69) is 5.10 Å². The molecule has 1 heterocycles. The highest BCUT2D eigenvalue weighted by Gasteiger charge is 2.30. The summed E-state index contributed by atoms with van der Waals surface area (Å²) < 4.78 is 39.9. The first-order chi connectivity index (χ1) is 12.4. The third-order valence-electron chi connectivity index (χ3n) is 3.98. The Balaban J connectivity index is 2.52. The first-order valence-corrected chi connectivity index (χ1v) is 9.98. The fourth-order valence-electron chi connectivity index (χ4n) is 2.50. The Labute approximate surface area is 155 Å². The van der Waals surface area contributed by atoms with Gasteiger partial charge in [-0.05, 0) is 13.8 Å². The van der Waals surface area contributed by atoms with Crippen LogP contribution in [0.3, 0.4) is 0 Å². The van der Waals surface area contributed by atoms with Gasteiger partial charge in [0.1, 0.15) is 10.6 Å². The van der Waals surface area contributed by atoms with Crippen LogP contribution < -0.4 is 0 Å². The van der Waals surface area contributed by atoms with Crippen LogP contribution in [0.25, 0.3) is 11.3 Å². The summed E-state index contributed by atoms with van der Waals surface area (Å²) in [6.07, 6.45) is 1.61. The first kappa shape index (κ1) is 20.6. The van der Waals surface area contributed by atoms with Crippen LogP contribution in [0.5, 0.6) is 0 Å². The number of nitrogens with zero attached hydrogens (tertiary/aromatic N) is 3. The van der Waals surface area contributed by atoms with Crippen LogP contribution >= 0.6 is 0 Å². The molecule has 0 aliphatic rings. The third kappa shape index (κ3) is 4.70. The molecule has 1 aromatic carbocycles. The van der Waals surface area contributed by atoms with Gasteiger partial charge in [-0.3, -0.25) is 4.68 Å². The molecule has 0 radical (unpaired) electrons. The average Bonchev–Trinajstić information content (AvgIpc) is 3.09. The van der Waals surface area contributed by atoms with Crippen LogP contribution in [0, 0.1) is 0 Å². The van der Waals surface area contributed by atoms with Gasteiger partial charge >= 0.3 is 0 Å². The van der Waals surface area contributed by atoms with Gasteiger partial charge in [-0.2, -0.15) is 9.40 Å². The van der Waals surface area contributed by atoms with E-state index in [1.54, 1.807) is 25.1 Å². The van der Waals surface area contributed by atoms with Crippen LogP contribution in [0.1, 0.15) is 19.9 Å². The van der Waals surface area contributed by atoms with E-state index >= 15 is 0 Å². The van der Waals surface area contributed by atoms with Gasteiger partial charge in [-0.25, -0.2) is 8.42 Å². The highest BCUT2D eigenvalue weighted by Crippen LogP contribution is 2.29. The van der Waals surface area contributed by atoms with E-state index < -0.39 is 10.0 Å². The Hall–Kier alpha value is -1.74. The number of hydrogen-bond donors (Lipinski definition) is 0. The van der Waals surface area contributed by atoms with E-state index in [9.17, 15) is 8.42 Å². The van der Waals surface area contributed by atoms with Crippen molar-refractivity contribution in [1.82, 2.24) is 14.1 Å². The average molecular weight is 381 g/mol. The molecule has 8 heteroatoms. The lowest BCUT2D eigenvalue weighted by atomic mass is 10.2. The summed E-state index contributed by atoms with van der Waals surface area (Å²) in [6, 6.07) is 9.40. The second-order valence-electron chi connectivity index (χ2n) is 6.17. The van der Waals surface area contributed by atoms with Gasteiger partial charge in [0.25, 0.3) is 0 Å². The molecule has 26 heavy (non-hydrogen) atoms. The second kappa shape index (κ2) is 9.27. The zero-order valence-electron chi connectivity index (χ0n) is 15.8. The third-order valence-corrected chi connectivity index (χ3v) is 5.88. The molecule has 0 fully saturated rings. The number of methoxy groups -OCH3 is 2. The summed E-state index contributed by atoms with van der Waals surface area (Å²) in [7, 11) is -0.649. The van der Waals surface area contributed by atoms with E-state index in [1.165, 1.54) is 4.31 Å². The highest BCUT2D eigenvalue weighted by atomic mass is 32.2. The SMILES string of the molecule is COCCN(CCOC)S(=O)(=O)c1cn(C(C)C)nc1-c1ccccc1. The molecule has 0 spiro atoms. The normalized spacial score (nSPS) is 12.2. The van der Waals surface area contributed by atoms with Crippen LogP contribution in [-0.4, -0.2) is 63.0 Å². The summed E-state index contributed by atoms with van der Waals surface area (Å²) in [4.78, 5) is 0.199. The summed E-state index contributed by atoms with van der Waals surface area (Å²) in [5.74, 6) is 0. The monoisotopic (exact) mass is 381 g/mol. The maximum Gasteiger partial charge on any atom is 0.246 e. The molecule has 1 aromatic heterocycles. The number of hydrogen-bond acceptors (Lipinski definition) is 5. The van der Waals surface area contributed by atoms with Crippen molar-refractivity contribution in [2.45, 2.75) is 24.8 Å². The van der Waals surface area contributed by atoms with Crippen molar-refractivity contribution in [1.29, 1.82) is 0 Å². The fourth-order valence-corrected chi connectivity index (χ4v) is 4.05. The van der Waals surface area contributed by atoms with Crippen molar-refractivity contribution in [3.63, 3.8) is 0 Å². The maximum absolute atomic E-state index is 13.3. The van der Waals surface area contributed by atoms with Gasteiger partial charge in [0, 0.05) is 45.1 Å². The zero-order valence-corrected chi connectivity index (χ0v) is 16.6. The van der Waals surface area contributed by atoms with Crippen LogP contribution in [0.2, 0.25) is 0 Å². The van der Waals surface area contributed by atoms with Gasteiger partial charge in [0.05, 0.1) is 13.2 Å². The molecule has 0 N–H and O–H groups in total. The smallest absolute Gasteiger partial charge is 0.246 e. The lowest BCUT2D eigenvalue weighted by molar-refractivity contribution is 0.150. The Morgan fingerprint density at radius 2 is 1.65 bits per heavy atom. The zero-order chi connectivity index (χ0) is 19.2. The molecule has 0 unspecified atom stereocenters. The molecule has 0 amide bonds. The van der Waals surface area contributed by atoms with Gasteiger partial charge < -0.3 is 9.47 Å². The van der Waals surface area contributed by atoms with Crippen LogP contribution in [-0.2, 0) is 19.5 Å². The van der Waals surface area contributed by atoms with E-state index in [1.807, 2.05) is 44.2 Å². The van der Waals surface area contributed by atoms with E-state index in [4.69, 9.17) is 9.47 Å². The molecular formula is C18H27N3O4S. The lowest BCUT2D eigenvalue weighted by Gasteiger charge is -2.21. The summed E-state index contributed by atoms with van der Waals surface area (Å²) in [5, 5.41) is 4.54. The van der Waals surface area contributed by atoms with E-state index in [0.29, 0.717) is 18.9 Å². The largest absolute Gasteiger partial charge is 0.383 e. The van der Waals surface area contributed by atoms with Crippen molar-refractivity contribution in [2.75, 3.05) is 40.5 Å². The Morgan fingerprint density at radius 3 is 2.15 bits per heavy atom. The van der Waals surface area contributed by atoms with Crippen LogP contribution in [0.4, 0.5) is 0 Å². The molecule has 0 atom stereocenters. The number of ether oxygens (including phenoxy) is 2. The molecular weight excluding hydrogens is 354 g/mol. The molecule has 2 rings (SSSR count). The van der Waals surface area contributed by atoms with Crippen molar-refractivity contribution < 1.29 is 17.9 Å². The topological polar surface area (TPSA) is 73.7 Å². The molecule has 0 saturated heterocycles. The Morgan fingerprint density at radius 1 is 1.08 bits per heavy atom. The molecule has 144 valence electrons. The highest BCUT2D eigenvalue weighted by molar-refractivity contribution is 7.89. The molecule has 2 aromatic rings. The standard InChI is InChI=1S/C18H27N3O4S/c1-15(2)21-14-17(18(19-21)16-8-6-5-7-9-16)26(22,23)20(10-12-24-3)11-13-25-4/h5-9,14-15H,10-13H2,1-4H3. The minimum Gasteiger partial charge on any atom is -0.383 e. The van der Waals surface area contributed by atoms with Crippen molar-refractivity contribution in [3.05, 3.63) is 36.5 Å². The minimum atomic E-state index is -3.75. The molecule has 0 aliphatic heterocycles. The van der Waals surface area contributed by atoms with E-state index in [-0.39, 0.29) is 24.0 Å². The molecule has 0 aliphatic carbocycles. The summed E-state index contributed by atoms with van der Waals surface area (Å²) in [6.45, 7) is 5.05. The number of aromatic nitrogens is 2. The molecule has 0 saturated carbocycles. The molecule has 7 nitrogen and oxygen atoms in total. The molecule has 0 bridgehead atoms. The summed E-state index contributed by atoms with van der Waals surface area (Å²) in [5.41, 5.74) is 1.23. The number of benzene rings is 1. The van der Waals surface area contributed by atoms with Gasteiger partial charge in [-0.15, -0.1) is 0 Å². The summed E-state index contributed by atoms with van der Waals surface area (Å²) >= 11 is 0. The quantitative estimate of drug-likeness (QED) is 0.632. The van der Waals surface area contributed by atoms with Crippen molar-refractivity contribution in [2.24, 2.45) is 0 Å². The van der Waals surface area contributed by atoms with Crippen molar-refractivity contribution >= 4 is 10.0 Å². The number of sulfonamides is 1. The lowest BCUT2D eigenvalue weighted by Crippen LogP contribution is -2.36. The van der Waals surface area contributed by atoms with Crippen LogP contribution in [0.15, 0.2) is 41.4 Å². The Kier molecular flexibility index (Phi) is 7.33. The fraction of sp³-hybridized carbons (Fsp3) is 0.500. The van der Waals surface area contributed by atoms with Gasteiger partial charge in [0.2, 0.25) is 10.0 Å². The van der Waals surface area contributed by atoms with Crippen molar-refractivity contribution in [3.8, 4) is 11.3 Å².